The van der Waals surface area contributed by atoms with E-state index in [0.717, 1.165) is 37.1 Å². The molecule has 0 spiro atoms. The van der Waals surface area contributed by atoms with Crippen molar-refractivity contribution >= 4 is 22.6 Å². The number of benzene rings is 4. The predicted molar refractivity (Wildman–Crippen MR) is 160 cm³/mol. The first kappa shape index (κ1) is 26.3. The first-order chi connectivity index (χ1) is 19.6. The normalized spacial score (nSPS) is 21.1. The summed E-state index contributed by atoms with van der Waals surface area (Å²) in [6.45, 7) is 2.19. The molecule has 2 unspecified atom stereocenters. The highest BCUT2D eigenvalue weighted by molar-refractivity contribution is 5.89. The van der Waals surface area contributed by atoms with Crippen LogP contribution < -0.4 is 16.0 Å². The number of hydrogen-bond donors (Lipinski definition) is 3. The Kier molecular flexibility index (Phi) is 7.40. The predicted octanol–water partition coefficient (Wildman–Crippen LogP) is 5.04. The molecule has 5 nitrogen and oxygen atoms in total. The number of rotatable bonds is 8. The molecule has 2 atom stereocenters. The maximum absolute atomic E-state index is 14.4. The molecule has 0 radical (unpaired) electrons. The van der Waals surface area contributed by atoms with Crippen LogP contribution in [-0.2, 0) is 26.8 Å². The number of hydrogen-bond acceptors (Lipinski definition) is 3. The standard InChI is InChI=1S/C35H37N3O2/c39-32-24-34(25-37-32,30-16-15-27-11-7-8-12-28(27)22-30)23-31(21-26-9-3-1-4-10-26)38-33(40)35(17-19-36-20-18-35)29-13-5-2-6-14-29/h1-16,22,31,36H,17-21,23-25H2,(H,37,39)(H,38,40). The Morgan fingerprint density at radius 3 is 2.17 bits per heavy atom. The summed E-state index contributed by atoms with van der Waals surface area (Å²) in [6, 6.07) is 35.4. The van der Waals surface area contributed by atoms with Gasteiger partial charge in [-0.15, -0.1) is 0 Å². The summed E-state index contributed by atoms with van der Waals surface area (Å²) in [6.07, 6.45) is 3.32. The van der Waals surface area contributed by atoms with Crippen LogP contribution in [0.15, 0.2) is 103 Å². The highest BCUT2D eigenvalue weighted by Crippen LogP contribution is 2.39. The molecule has 3 N–H and O–H groups in total. The Morgan fingerprint density at radius 1 is 0.800 bits per heavy atom. The zero-order valence-electron chi connectivity index (χ0n) is 22.9. The van der Waals surface area contributed by atoms with Crippen molar-refractivity contribution in [2.45, 2.75) is 49.0 Å². The molecule has 2 fully saturated rings. The SMILES string of the molecule is O=C1CC(CC(Cc2ccccc2)NC(=O)C2(c3ccccc3)CCNCC2)(c2ccc3ccccc3c2)CN1. The number of piperidine rings is 1. The summed E-state index contributed by atoms with van der Waals surface area (Å²) in [7, 11) is 0. The summed E-state index contributed by atoms with van der Waals surface area (Å²) in [5.41, 5.74) is 2.44. The molecule has 2 aliphatic heterocycles. The Bertz CT molecular complexity index is 1480. The lowest BCUT2D eigenvalue weighted by molar-refractivity contribution is -0.128. The van der Waals surface area contributed by atoms with Crippen molar-refractivity contribution in [2.24, 2.45) is 0 Å². The van der Waals surface area contributed by atoms with Crippen molar-refractivity contribution in [1.29, 1.82) is 0 Å². The van der Waals surface area contributed by atoms with Crippen molar-refractivity contribution < 1.29 is 9.59 Å². The van der Waals surface area contributed by atoms with Crippen molar-refractivity contribution in [1.82, 2.24) is 16.0 Å². The fourth-order valence-electron chi connectivity index (χ4n) is 6.81. The molecule has 4 aromatic carbocycles. The highest BCUT2D eigenvalue weighted by Gasteiger charge is 2.45. The van der Waals surface area contributed by atoms with E-state index >= 15 is 0 Å². The van der Waals surface area contributed by atoms with E-state index in [1.807, 2.05) is 42.5 Å². The maximum atomic E-state index is 14.4. The van der Waals surface area contributed by atoms with Crippen LogP contribution in [0.1, 0.15) is 42.4 Å². The molecule has 0 aliphatic carbocycles. The van der Waals surface area contributed by atoms with Gasteiger partial charge < -0.3 is 16.0 Å². The molecule has 204 valence electrons. The van der Waals surface area contributed by atoms with Crippen LogP contribution in [0.5, 0.6) is 0 Å². The lowest BCUT2D eigenvalue weighted by Crippen LogP contribution is -2.54. The Labute approximate surface area is 236 Å². The Hall–Kier alpha value is -3.96. The van der Waals surface area contributed by atoms with E-state index in [4.69, 9.17) is 0 Å². The van der Waals surface area contributed by atoms with Gasteiger partial charge in [-0.2, -0.15) is 0 Å². The average Bonchev–Trinajstić information content (AvgIpc) is 3.39. The molecule has 40 heavy (non-hydrogen) atoms. The third-order valence-electron chi connectivity index (χ3n) is 9.00. The monoisotopic (exact) mass is 531 g/mol. The zero-order valence-corrected chi connectivity index (χ0v) is 22.9. The minimum Gasteiger partial charge on any atom is -0.355 e. The fourth-order valence-corrected chi connectivity index (χ4v) is 6.81. The molecule has 0 saturated carbocycles. The van der Waals surface area contributed by atoms with Crippen LogP contribution in [0.4, 0.5) is 0 Å². The molecule has 2 amide bonds. The summed E-state index contributed by atoms with van der Waals surface area (Å²) in [5.74, 6) is 0.157. The molecule has 2 aliphatic rings. The summed E-state index contributed by atoms with van der Waals surface area (Å²) < 4.78 is 0. The van der Waals surface area contributed by atoms with E-state index in [2.05, 4.69) is 76.6 Å². The molecular formula is C35H37N3O2. The number of amides is 2. The van der Waals surface area contributed by atoms with Crippen molar-refractivity contribution in [3.05, 3.63) is 120 Å². The van der Waals surface area contributed by atoms with Crippen LogP contribution >= 0.6 is 0 Å². The minimum absolute atomic E-state index is 0.0667. The molecule has 6 rings (SSSR count). The van der Waals surface area contributed by atoms with Gasteiger partial charge in [-0.25, -0.2) is 0 Å². The third-order valence-corrected chi connectivity index (χ3v) is 9.00. The average molecular weight is 532 g/mol. The van der Waals surface area contributed by atoms with Gasteiger partial charge in [0.15, 0.2) is 0 Å². The first-order valence-electron chi connectivity index (χ1n) is 14.4. The Morgan fingerprint density at radius 2 is 1.48 bits per heavy atom. The van der Waals surface area contributed by atoms with Crippen LogP contribution in [0.2, 0.25) is 0 Å². The number of carbonyl (C=O) groups excluding carboxylic acids is 2. The van der Waals surface area contributed by atoms with E-state index in [9.17, 15) is 9.59 Å². The van der Waals surface area contributed by atoms with Gasteiger partial charge in [-0.3, -0.25) is 9.59 Å². The van der Waals surface area contributed by atoms with Crippen molar-refractivity contribution in [3.8, 4) is 0 Å². The largest absolute Gasteiger partial charge is 0.355 e. The lowest BCUT2D eigenvalue weighted by atomic mass is 9.71. The first-order valence-corrected chi connectivity index (χ1v) is 14.4. The molecule has 2 saturated heterocycles. The van der Waals surface area contributed by atoms with Crippen molar-refractivity contribution in [3.63, 3.8) is 0 Å². The van der Waals surface area contributed by atoms with E-state index in [-0.39, 0.29) is 17.9 Å². The number of carbonyl (C=O) groups is 2. The van der Waals surface area contributed by atoms with Gasteiger partial charge in [0.2, 0.25) is 11.8 Å². The molecule has 5 heteroatoms. The van der Waals surface area contributed by atoms with Gasteiger partial charge >= 0.3 is 0 Å². The minimum atomic E-state index is -0.568. The quantitative estimate of drug-likeness (QED) is 0.299. The number of fused-ring (bicyclic) bond motifs is 1. The molecule has 0 aromatic heterocycles. The van der Waals surface area contributed by atoms with Crippen molar-refractivity contribution in [2.75, 3.05) is 19.6 Å². The molecule has 4 aromatic rings. The van der Waals surface area contributed by atoms with Gasteiger partial charge in [0.1, 0.15) is 0 Å². The number of nitrogens with one attached hydrogen (secondary N) is 3. The second-order valence-electron chi connectivity index (χ2n) is 11.6. The van der Waals surface area contributed by atoms with Gasteiger partial charge in [0, 0.05) is 24.4 Å². The topological polar surface area (TPSA) is 70.2 Å². The summed E-state index contributed by atoms with van der Waals surface area (Å²) in [5, 5.41) is 12.4. The van der Waals surface area contributed by atoms with Gasteiger partial charge in [0.05, 0.1) is 5.41 Å². The summed E-state index contributed by atoms with van der Waals surface area (Å²) in [4.78, 5) is 27.1. The smallest absolute Gasteiger partial charge is 0.230 e. The lowest BCUT2D eigenvalue weighted by Gasteiger charge is -2.39. The fraction of sp³-hybridized carbons (Fsp3) is 0.314. The van der Waals surface area contributed by atoms with Gasteiger partial charge in [-0.05, 0) is 66.2 Å². The van der Waals surface area contributed by atoms with Crippen LogP contribution in [0.3, 0.4) is 0 Å². The second kappa shape index (κ2) is 11.3. The highest BCUT2D eigenvalue weighted by atomic mass is 16.2. The van der Waals surface area contributed by atoms with Gasteiger partial charge in [0.25, 0.3) is 0 Å². The molecular weight excluding hydrogens is 494 g/mol. The van der Waals surface area contributed by atoms with E-state index in [1.165, 1.54) is 16.3 Å². The maximum Gasteiger partial charge on any atom is 0.230 e. The van der Waals surface area contributed by atoms with Gasteiger partial charge in [-0.1, -0.05) is 103 Å². The van der Waals surface area contributed by atoms with E-state index in [1.54, 1.807) is 0 Å². The van der Waals surface area contributed by atoms with Crippen LogP contribution in [0.25, 0.3) is 10.8 Å². The molecule has 2 heterocycles. The van der Waals surface area contributed by atoms with E-state index < -0.39 is 10.8 Å². The van der Waals surface area contributed by atoms with Crippen LogP contribution in [0, 0.1) is 0 Å². The zero-order chi connectivity index (χ0) is 27.4. The van der Waals surface area contributed by atoms with Crippen LogP contribution in [-0.4, -0.2) is 37.5 Å². The Balaban J connectivity index is 1.36. The molecule has 0 bridgehead atoms. The third kappa shape index (κ3) is 5.26. The van der Waals surface area contributed by atoms with E-state index in [0.29, 0.717) is 25.8 Å². The summed E-state index contributed by atoms with van der Waals surface area (Å²) >= 11 is 0. The second-order valence-corrected chi connectivity index (χ2v) is 11.6.